The first-order valence-corrected chi connectivity index (χ1v) is 5.98. The van der Waals surface area contributed by atoms with Crippen molar-refractivity contribution in [2.24, 2.45) is 0 Å². The summed E-state index contributed by atoms with van der Waals surface area (Å²) in [6.07, 6.45) is 1.91. The lowest BCUT2D eigenvalue weighted by molar-refractivity contribution is -0.128. The lowest BCUT2D eigenvalue weighted by atomic mass is 10.3. The van der Waals surface area contributed by atoms with E-state index in [0.29, 0.717) is 6.54 Å². The number of nitrogens with zero attached hydrogens (tertiary/aromatic N) is 1. The standard InChI is InChI=1S/C13H18F2N2O/c1-3-4-8-17(2)12(18)9-16-13-10(14)6-5-7-11(13)15/h5-7,16H,3-4,8-9H2,1-2H3. The molecule has 0 spiro atoms. The van der Waals surface area contributed by atoms with Crippen LogP contribution in [-0.4, -0.2) is 30.9 Å². The number of carbonyl (C=O) groups excluding carboxylic acids is 1. The number of nitrogens with one attached hydrogen (secondary N) is 1. The number of carbonyl (C=O) groups is 1. The minimum atomic E-state index is -0.695. The number of rotatable bonds is 6. The van der Waals surface area contributed by atoms with Gasteiger partial charge in [-0.25, -0.2) is 8.78 Å². The van der Waals surface area contributed by atoms with Crippen LogP contribution < -0.4 is 5.32 Å². The fraction of sp³-hybridized carbons (Fsp3) is 0.462. The van der Waals surface area contributed by atoms with Gasteiger partial charge in [-0.15, -0.1) is 0 Å². The van der Waals surface area contributed by atoms with Crippen LogP contribution in [0.25, 0.3) is 0 Å². The van der Waals surface area contributed by atoms with Gasteiger partial charge >= 0.3 is 0 Å². The highest BCUT2D eigenvalue weighted by molar-refractivity contribution is 5.80. The van der Waals surface area contributed by atoms with Gasteiger partial charge in [-0.2, -0.15) is 0 Å². The number of likely N-dealkylation sites (N-methyl/N-ethyl adjacent to an activating group) is 1. The molecule has 1 aromatic carbocycles. The van der Waals surface area contributed by atoms with Gasteiger partial charge in [0.2, 0.25) is 5.91 Å². The summed E-state index contributed by atoms with van der Waals surface area (Å²) in [5.41, 5.74) is -0.255. The summed E-state index contributed by atoms with van der Waals surface area (Å²) in [4.78, 5) is 13.2. The normalized spacial score (nSPS) is 10.2. The molecule has 0 aliphatic heterocycles. The Hall–Kier alpha value is -1.65. The third-order valence-corrected chi connectivity index (χ3v) is 2.65. The van der Waals surface area contributed by atoms with Crippen LogP contribution >= 0.6 is 0 Å². The Morgan fingerprint density at radius 1 is 1.33 bits per heavy atom. The molecule has 18 heavy (non-hydrogen) atoms. The molecule has 0 fully saturated rings. The van der Waals surface area contributed by atoms with Crippen LogP contribution in [-0.2, 0) is 4.79 Å². The Labute approximate surface area is 106 Å². The maximum Gasteiger partial charge on any atom is 0.241 e. The molecule has 0 saturated carbocycles. The second kappa shape index (κ2) is 6.93. The largest absolute Gasteiger partial charge is 0.371 e. The van der Waals surface area contributed by atoms with Gasteiger partial charge in [0.1, 0.15) is 17.3 Å². The Morgan fingerprint density at radius 3 is 2.50 bits per heavy atom. The van der Waals surface area contributed by atoms with Crippen LogP contribution in [0.2, 0.25) is 0 Å². The summed E-state index contributed by atoms with van der Waals surface area (Å²) in [5, 5.41) is 2.50. The first-order chi connectivity index (χ1) is 8.56. The minimum absolute atomic E-state index is 0.113. The van der Waals surface area contributed by atoms with Gasteiger partial charge in [0.25, 0.3) is 0 Å². The van der Waals surface area contributed by atoms with E-state index in [0.717, 1.165) is 25.0 Å². The highest BCUT2D eigenvalue weighted by Crippen LogP contribution is 2.17. The van der Waals surface area contributed by atoms with Crippen molar-refractivity contribution in [2.75, 3.05) is 25.5 Å². The first kappa shape index (κ1) is 14.4. The molecule has 0 atom stereocenters. The van der Waals surface area contributed by atoms with E-state index in [1.54, 1.807) is 11.9 Å². The van der Waals surface area contributed by atoms with E-state index < -0.39 is 11.6 Å². The molecule has 0 radical (unpaired) electrons. The molecular formula is C13H18F2N2O. The van der Waals surface area contributed by atoms with Crippen molar-refractivity contribution in [1.29, 1.82) is 0 Å². The van der Waals surface area contributed by atoms with Crippen molar-refractivity contribution < 1.29 is 13.6 Å². The Balaban J connectivity index is 2.52. The number of amides is 1. The van der Waals surface area contributed by atoms with Crippen LogP contribution in [0.15, 0.2) is 18.2 Å². The number of hydrogen-bond donors (Lipinski definition) is 1. The summed E-state index contributed by atoms with van der Waals surface area (Å²) in [6.45, 7) is 2.57. The molecule has 1 N–H and O–H groups in total. The maximum absolute atomic E-state index is 13.3. The Kier molecular flexibility index (Phi) is 5.55. The van der Waals surface area contributed by atoms with Gasteiger partial charge in [-0.05, 0) is 18.6 Å². The third-order valence-electron chi connectivity index (χ3n) is 2.65. The van der Waals surface area contributed by atoms with E-state index in [1.807, 2.05) is 6.92 Å². The monoisotopic (exact) mass is 256 g/mol. The average Bonchev–Trinajstić information content (AvgIpc) is 2.35. The molecule has 1 aromatic rings. The second-order valence-corrected chi connectivity index (χ2v) is 4.12. The van der Waals surface area contributed by atoms with Crippen LogP contribution in [0.1, 0.15) is 19.8 Å². The quantitative estimate of drug-likeness (QED) is 0.848. The summed E-state index contributed by atoms with van der Waals surface area (Å²) >= 11 is 0. The molecule has 1 amide bonds. The molecule has 100 valence electrons. The van der Waals surface area contributed by atoms with Crippen LogP contribution in [0.5, 0.6) is 0 Å². The zero-order valence-electron chi connectivity index (χ0n) is 10.7. The predicted molar refractivity (Wildman–Crippen MR) is 67.4 cm³/mol. The molecule has 3 nitrogen and oxygen atoms in total. The van der Waals surface area contributed by atoms with Crippen molar-refractivity contribution in [2.45, 2.75) is 19.8 Å². The van der Waals surface area contributed by atoms with E-state index >= 15 is 0 Å². The zero-order valence-corrected chi connectivity index (χ0v) is 10.7. The van der Waals surface area contributed by atoms with Crippen molar-refractivity contribution in [1.82, 2.24) is 4.90 Å². The van der Waals surface area contributed by atoms with Crippen molar-refractivity contribution in [3.05, 3.63) is 29.8 Å². The smallest absolute Gasteiger partial charge is 0.241 e. The third kappa shape index (κ3) is 3.98. The van der Waals surface area contributed by atoms with E-state index in [2.05, 4.69) is 5.32 Å². The fourth-order valence-corrected chi connectivity index (χ4v) is 1.49. The average molecular weight is 256 g/mol. The van der Waals surface area contributed by atoms with Gasteiger partial charge in [-0.3, -0.25) is 4.79 Å². The van der Waals surface area contributed by atoms with Crippen LogP contribution in [0.3, 0.4) is 0 Å². The van der Waals surface area contributed by atoms with Crippen molar-refractivity contribution in [3.8, 4) is 0 Å². The number of hydrogen-bond acceptors (Lipinski definition) is 2. The van der Waals surface area contributed by atoms with Gasteiger partial charge < -0.3 is 10.2 Å². The Bertz CT molecular complexity index is 390. The Morgan fingerprint density at radius 2 is 1.94 bits per heavy atom. The number of para-hydroxylation sites is 1. The first-order valence-electron chi connectivity index (χ1n) is 5.98. The topological polar surface area (TPSA) is 32.3 Å². The molecule has 0 aromatic heterocycles. The van der Waals surface area contributed by atoms with E-state index in [4.69, 9.17) is 0 Å². The van der Waals surface area contributed by atoms with Gasteiger partial charge in [-0.1, -0.05) is 19.4 Å². The SMILES string of the molecule is CCCCN(C)C(=O)CNc1c(F)cccc1F. The minimum Gasteiger partial charge on any atom is -0.371 e. The van der Waals surface area contributed by atoms with Gasteiger partial charge in [0.15, 0.2) is 0 Å². The molecule has 0 aliphatic carbocycles. The molecule has 0 unspecified atom stereocenters. The van der Waals surface area contributed by atoms with Crippen LogP contribution in [0.4, 0.5) is 14.5 Å². The number of benzene rings is 1. The van der Waals surface area contributed by atoms with Gasteiger partial charge in [0, 0.05) is 13.6 Å². The van der Waals surface area contributed by atoms with E-state index in [1.165, 1.54) is 6.07 Å². The molecule has 0 aliphatic rings. The maximum atomic E-state index is 13.3. The highest BCUT2D eigenvalue weighted by atomic mass is 19.1. The fourth-order valence-electron chi connectivity index (χ4n) is 1.49. The molecule has 1 rings (SSSR count). The summed E-state index contributed by atoms with van der Waals surface area (Å²) < 4.78 is 26.6. The molecule has 0 saturated heterocycles. The summed E-state index contributed by atoms with van der Waals surface area (Å²) in [7, 11) is 1.68. The lowest BCUT2D eigenvalue weighted by Gasteiger charge is -2.17. The summed E-state index contributed by atoms with van der Waals surface area (Å²) in [5.74, 6) is -1.58. The molecule has 5 heteroatoms. The highest BCUT2D eigenvalue weighted by Gasteiger charge is 2.12. The van der Waals surface area contributed by atoms with E-state index in [-0.39, 0.29) is 18.1 Å². The molecule has 0 bridgehead atoms. The van der Waals surface area contributed by atoms with Crippen LogP contribution in [0, 0.1) is 11.6 Å². The number of anilines is 1. The van der Waals surface area contributed by atoms with E-state index in [9.17, 15) is 13.6 Å². The number of halogens is 2. The molecule has 0 heterocycles. The predicted octanol–water partition coefficient (Wildman–Crippen LogP) is 2.64. The lowest BCUT2D eigenvalue weighted by Crippen LogP contribution is -2.33. The molecular weight excluding hydrogens is 238 g/mol. The number of unbranched alkanes of at least 4 members (excludes halogenated alkanes) is 1. The van der Waals surface area contributed by atoms with Crippen molar-refractivity contribution >= 4 is 11.6 Å². The van der Waals surface area contributed by atoms with Crippen molar-refractivity contribution in [3.63, 3.8) is 0 Å². The summed E-state index contributed by atoms with van der Waals surface area (Å²) in [6, 6.07) is 3.58. The van der Waals surface area contributed by atoms with Gasteiger partial charge in [0.05, 0.1) is 6.54 Å². The zero-order chi connectivity index (χ0) is 13.5. The second-order valence-electron chi connectivity index (χ2n) is 4.12.